The topological polar surface area (TPSA) is 69.6 Å². The Hall–Kier alpha value is -2.70. The number of aromatic nitrogens is 2. The van der Waals surface area contributed by atoms with E-state index in [2.05, 4.69) is 4.90 Å². The summed E-state index contributed by atoms with van der Waals surface area (Å²) in [7, 11) is 2.00. The molecule has 1 unspecified atom stereocenters. The predicted molar refractivity (Wildman–Crippen MR) is 112 cm³/mol. The van der Waals surface area contributed by atoms with Crippen molar-refractivity contribution in [1.29, 1.82) is 0 Å². The van der Waals surface area contributed by atoms with Crippen molar-refractivity contribution in [2.24, 2.45) is 5.92 Å². The van der Waals surface area contributed by atoms with Gasteiger partial charge in [-0.25, -0.2) is 9.97 Å². The van der Waals surface area contributed by atoms with Crippen molar-refractivity contribution < 1.29 is 9.59 Å². The minimum Gasteiger partial charge on any atom is -0.357 e. The molecule has 29 heavy (non-hydrogen) atoms. The molecule has 3 heterocycles. The second kappa shape index (κ2) is 7.28. The third-order valence-corrected chi connectivity index (χ3v) is 6.57. The number of benzene rings is 1. The van der Waals surface area contributed by atoms with E-state index in [4.69, 9.17) is 9.97 Å². The van der Waals surface area contributed by atoms with E-state index in [9.17, 15) is 9.59 Å². The fraction of sp³-hybridized carbons (Fsp3) is 0.545. The molecule has 7 nitrogen and oxygen atoms in total. The normalized spacial score (nSPS) is 23.0. The Balaban J connectivity index is 1.46. The Morgan fingerprint density at radius 3 is 2.41 bits per heavy atom. The van der Waals surface area contributed by atoms with Gasteiger partial charge in [0.05, 0.1) is 17.0 Å². The highest BCUT2D eigenvalue weighted by atomic mass is 16.2. The predicted octanol–water partition coefficient (Wildman–Crippen LogP) is 2.59. The molecule has 2 amide bonds. The van der Waals surface area contributed by atoms with Crippen LogP contribution in [0.3, 0.4) is 0 Å². The van der Waals surface area contributed by atoms with Crippen LogP contribution in [0.5, 0.6) is 0 Å². The van der Waals surface area contributed by atoms with Gasteiger partial charge < -0.3 is 9.80 Å². The summed E-state index contributed by atoms with van der Waals surface area (Å²) in [5, 5.41) is 0. The number of likely N-dealkylation sites (tertiary alicyclic amines) is 1. The Labute approximate surface area is 170 Å². The number of rotatable bonds is 2. The van der Waals surface area contributed by atoms with Gasteiger partial charge in [0, 0.05) is 39.1 Å². The van der Waals surface area contributed by atoms with E-state index in [-0.39, 0.29) is 17.7 Å². The van der Waals surface area contributed by atoms with Crippen LogP contribution >= 0.6 is 0 Å². The lowest BCUT2D eigenvalue weighted by Crippen LogP contribution is -2.40. The maximum Gasteiger partial charge on any atom is 0.233 e. The number of carbonyl (C=O) groups is 2. The lowest BCUT2D eigenvalue weighted by atomic mass is 10.1. The summed E-state index contributed by atoms with van der Waals surface area (Å²) in [5.41, 5.74) is 1.62. The molecule has 1 aromatic carbocycles. The second-order valence-electron chi connectivity index (χ2n) is 8.51. The molecule has 5 rings (SSSR count). The van der Waals surface area contributed by atoms with Crippen LogP contribution < -0.4 is 9.80 Å². The number of hydrogen-bond donors (Lipinski definition) is 0. The average molecular weight is 393 g/mol. The van der Waals surface area contributed by atoms with Crippen molar-refractivity contribution in [3.05, 3.63) is 24.3 Å². The van der Waals surface area contributed by atoms with Crippen LogP contribution in [0.1, 0.15) is 38.5 Å². The monoisotopic (exact) mass is 393 g/mol. The molecule has 1 aliphatic carbocycles. The Morgan fingerprint density at radius 1 is 1.00 bits per heavy atom. The Bertz CT molecular complexity index is 955. The molecule has 0 spiro atoms. The maximum absolute atomic E-state index is 13.5. The average Bonchev–Trinajstić information content (AvgIpc) is 3.36. The number of nitrogens with zero attached hydrogens (tertiary/aromatic N) is 5. The largest absolute Gasteiger partial charge is 0.357 e. The molecule has 1 atom stereocenters. The minimum atomic E-state index is -0.285. The smallest absolute Gasteiger partial charge is 0.233 e. The van der Waals surface area contributed by atoms with Gasteiger partial charge in [-0.05, 0) is 31.4 Å². The van der Waals surface area contributed by atoms with E-state index in [0.29, 0.717) is 31.4 Å². The van der Waals surface area contributed by atoms with Crippen molar-refractivity contribution >= 4 is 34.5 Å². The van der Waals surface area contributed by atoms with E-state index < -0.39 is 0 Å². The van der Waals surface area contributed by atoms with Crippen LogP contribution in [0.25, 0.3) is 11.0 Å². The first kappa shape index (κ1) is 18.3. The summed E-state index contributed by atoms with van der Waals surface area (Å²) in [6.45, 7) is 1.98. The van der Waals surface area contributed by atoms with Crippen LogP contribution in [0.2, 0.25) is 0 Å². The van der Waals surface area contributed by atoms with Gasteiger partial charge in [0.25, 0.3) is 0 Å². The summed E-state index contributed by atoms with van der Waals surface area (Å²) < 4.78 is 0. The van der Waals surface area contributed by atoms with Crippen molar-refractivity contribution in [3.8, 4) is 0 Å². The van der Waals surface area contributed by atoms with Crippen LogP contribution in [0.4, 0.5) is 11.6 Å². The fourth-order valence-corrected chi connectivity index (χ4v) is 5.00. The second-order valence-corrected chi connectivity index (χ2v) is 8.51. The molecule has 0 N–H and O–H groups in total. The van der Waals surface area contributed by atoms with E-state index in [1.165, 1.54) is 12.8 Å². The highest BCUT2D eigenvalue weighted by Crippen LogP contribution is 2.34. The van der Waals surface area contributed by atoms with Crippen LogP contribution in [-0.4, -0.2) is 59.4 Å². The number of amides is 2. The number of para-hydroxylation sites is 2. The molecule has 1 saturated heterocycles. The zero-order chi connectivity index (χ0) is 20.0. The van der Waals surface area contributed by atoms with Gasteiger partial charge in [-0.3, -0.25) is 14.5 Å². The molecule has 1 aromatic heterocycles. The van der Waals surface area contributed by atoms with Gasteiger partial charge in [0.1, 0.15) is 0 Å². The van der Waals surface area contributed by atoms with Gasteiger partial charge in [-0.15, -0.1) is 0 Å². The van der Waals surface area contributed by atoms with Crippen molar-refractivity contribution in [2.45, 2.75) is 44.6 Å². The molecule has 1 saturated carbocycles. The summed E-state index contributed by atoms with van der Waals surface area (Å²) in [4.78, 5) is 41.6. The fourth-order valence-electron chi connectivity index (χ4n) is 5.00. The van der Waals surface area contributed by atoms with Crippen LogP contribution in [-0.2, 0) is 9.59 Å². The zero-order valence-corrected chi connectivity index (χ0v) is 16.9. The number of carbonyl (C=O) groups excluding carboxylic acids is 2. The first-order chi connectivity index (χ1) is 14.1. The van der Waals surface area contributed by atoms with Crippen LogP contribution in [0.15, 0.2) is 24.3 Å². The van der Waals surface area contributed by atoms with E-state index in [1.807, 2.05) is 36.2 Å². The van der Waals surface area contributed by atoms with Gasteiger partial charge in [-0.2, -0.15) is 0 Å². The van der Waals surface area contributed by atoms with Gasteiger partial charge in [0.2, 0.25) is 11.8 Å². The quantitative estimate of drug-likeness (QED) is 0.784. The summed E-state index contributed by atoms with van der Waals surface area (Å²) in [6, 6.07) is 8.09. The number of fused-ring (bicyclic) bond motifs is 2. The molecule has 3 aliphatic rings. The molecule has 2 fully saturated rings. The van der Waals surface area contributed by atoms with Crippen molar-refractivity contribution in [3.63, 3.8) is 0 Å². The Morgan fingerprint density at radius 2 is 1.69 bits per heavy atom. The third-order valence-electron chi connectivity index (χ3n) is 6.57. The molecular weight excluding hydrogens is 366 g/mol. The Kier molecular flexibility index (Phi) is 4.60. The van der Waals surface area contributed by atoms with Gasteiger partial charge >= 0.3 is 0 Å². The molecule has 2 aliphatic heterocycles. The van der Waals surface area contributed by atoms with Crippen molar-refractivity contribution in [1.82, 2.24) is 14.9 Å². The van der Waals surface area contributed by atoms with E-state index in [1.54, 1.807) is 4.90 Å². The molecule has 0 bridgehead atoms. The van der Waals surface area contributed by atoms with E-state index >= 15 is 0 Å². The van der Waals surface area contributed by atoms with Crippen LogP contribution in [0, 0.1) is 5.92 Å². The standard InChI is InChI=1S/C22H27N5O2/c1-25-11-6-12-26(21-20(25)23-17-9-4-5-10-18(17)24-21)22(29)15-13-19(28)27(14-15)16-7-2-3-8-16/h4-5,9-10,15-16H,2-3,6-8,11-14H2,1H3. The van der Waals surface area contributed by atoms with E-state index in [0.717, 1.165) is 42.7 Å². The highest BCUT2D eigenvalue weighted by molar-refractivity contribution is 6.01. The SMILES string of the molecule is CN1CCCN(C(=O)C2CC(=O)N(C3CCCC3)C2)c2nc3ccccc3nc21. The highest BCUT2D eigenvalue weighted by Gasteiger charge is 2.41. The molecular formula is C22H27N5O2. The zero-order valence-electron chi connectivity index (χ0n) is 16.9. The number of hydrogen-bond acceptors (Lipinski definition) is 5. The lowest BCUT2D eigenvalue weighted by Gasteiger charge is -2.26. The molecule has 2 aromatic rings. The lowest BCUT2D eigenvalue weighted by molar-refractivity contribution is -0.130. The maximum atomic E-state index is 13.5. The molecule has 0 radical (unpaired) electrons. The van der Waals surface area contributed by atoms with Gasteiger partial charge in [-0.1, -0.05) is 25.0 Å². The summed E-state index contributed by atoms with van der Waals surface area (Å²) in [5.74, 6) is 1.23. The molecule has 152 valence electrons. The number of anilines is 2. The first-order valence-corrected chi connectivity index (χ1v) is 10.7. The third kappa shape index (κ3) is 3.22. The summed E-state index contributed by atoms with van der Waals surface area (Å²) in [6.07, 6.45) is 5.67. The minimum absolute atomic E-state index is 0.0139. The summed E-state index contributed by atoms with van der Waals surface area (Å²) >= 11 is 0. The van der Waals surface area contributed by atoms with Gasteiger partial charge in [0.15, 0.2) is 11.6 Å². The first-order valence-electron chi connectivity index (χ1n) is 10.7. The molecule has 7 heteroatoms. The van der Waals surface area contributed by atoms with Crippen molar-refractivity contribution in [2.75, 3.05) is 36.5 Å².